The third kappa shape index (κ3) is 3.97. The fourth-order valence-electron chi connectivity index (χ4n) is 2.60. The first kappa shape index (κ1) is 15.8. The number of hydrogen-bond acceptors (Lipinski definition) is 2. The van der Waals surface area contributed by atoms with E-state index >= 15 is 0 Å². The number of rotatable bonds is 4. The standard InChI is InChI=1S/C15H19BrN2O3/c1-2-3-10-6-7-18(9-10)15(21)17-13-5-4-11(14(19)20)8-12(13)16/h4-5,8,10H,2-3,6-7,9H2,1H3,(H,17,21)(H,19,20). The van der Waals surface area contributed by atoms with Crippen LogP contribution in [0.2, 0.25) is 0 Å². The van der Waals surface area contributed by atoms with E-state index in [-0.39, 0.29) is 11.6 Å². The second-order valence-electron chi connectivity index (χ2n) is 5.32. The zero-order valence-electron chi connectivity index (χ0n) is 11.9. The summed E-state index contributed by atoms with van der Waals surface area (Å²) in [4.78, 5) is 24.9. The molecule has 1 fully saturated rings. The number of aromatic carboxylic acids is 1. The highest BCUT2D eigenvalue weighted by Gasteiger charge is 2.25. The van der Waals surface area contributed by atoms with Crippen LogP contribution in [0.5, 0.6) is 0 Å². The van der Waals surface area contributed by atoms with Gasteiger partial charge in [-0.25, -0.2) is 9.59 Å². The minimum atomic E-state index is -0.990. The second kappa shape index (κ2) is 6.93. The molecule has 1 aromatic carbocycles. The van der Waals surface area contributed by atoms with Crippen molar-refractivity contribution in [2.75, 3.05) is 18.4 Å². The summed E-state index contributed by atoms with van der Waals surface area (Å²) in [5, 5.41) is 11.7. The molecule has 0 aromatic heterocycles. The van der Waals surface area contributed by atoms with Crippen molar-refractivity contribution in [3.05, 3.63) is 28.2 Å². The van der Waals surface area contributed by atoms with E-state index in [0.29, 0.717) is 16.1 Å². The van der Waals surface area contributed by atoms with Crippen LogP contribution in [0.25, 0.3) is 0 Å². The number of anilines is 1. The lowest BCUT2D eigenvalue weighted by atomic mass is 10.0. The van der Waals surface area contributed by atoms with Gasteiger partial charge in [-0.3, -0.25) is 0 Å². The number of benzene rings is 1. The lowest BCUT2D eigenvalue weighted by Crippen LogP contribution is -2.33. The molecule has 1 unspecified atom stereocenters. The maximum absolute atomic E-state index is 12.2. The van der Waals surface area contributed by atoms with Gasteiger partial charge in [0.1, 0.15) is 0 Å². The number of nitrogens with zero attached hydrogens (tertiary/aromatic N) is 1. The maximum atomic E-state index is 12.2. The van der Waals surface area contributed by atoms with Gasteiger partial charge in [-0.1, -0.05) is 13.3 Å². The molecule has 0 bridgehead atoms. The van der Waals surface area contributed by atoms with Crippen LogP contribution in [0.1, 0.15) is 36.5 Å². The fourth-order valence-corrected chi connectivity index (χ4v) is 3.08. The van der Waals surface area contributed by atoms with Gasteiger partial charge < -0.3 is 15.3 Å². The van der Waals surface area contributed by atoms with Gasteiger partial charge in [-0.2, -0.15) is 0 Å². The van der Waals surface area contributed by atoms with Gasteiger partial charge in [-0.15, -0.1) is 0 Å². The van der Waals surface area contributed by atoms with Gasteiger partial charge in [0.2, 0.25) is 0 Å². The summed E-state index contributed by atoms with van der Waals surface area (Å²) in [6.45, 7) is 3.73. The number of likely N-dealkylation sites (tertiary alicyclic amines) is 1. The Labute approximate surface area is 132 Å². The van der Waals surface area contributed by atoms with Crippen LogP contribution in [0.3, 0.4) is 0 Å². The topological polar surface area (TPSA) is 69.6 Å². The average molecular weight is 355 g/mol. The predicted octanol–water partition coefficient (Wildman–Crippen LogP) is 3.80. The molecule has 6 heteroatoms. The zero-order valence-corrected chi connectivity index (χ0v) is 13.5. The molecule has 21 heavy (non-hydrogen) atoms. The number of carbonyl (C=O) groups is 2. The first-order valence-electron chi connectivity index (χ1n) is 7.10. The van der Waals surface area contributed by atoms with Gasteiger partial charge >= 0.3 is 12.0 Å². The first-order chi connectivity index (χ1) is 10.0. The number of carboxylic acids is 1. The van der Waals surface area contributed by atoms with Crippen molar-refractivity contribution >= 4 is 33.6 Å². The van der Waals surface area contributed by atoms with E-state index in [1.165, 1.54) is 12.1 Å². The fraction of sp³-hybridized carbons (Fsp3) is 0.467. The second-order valence-corrected chi connectivity index (χ2v) is 6.17. The van der Waals surface area contributed by atoms with E-state index in [1.54, 1.807) is 6.07 Å². The molecule has 0 saturated carbocycles. The lowest BCUT2D eigenvalue weighted by Gasteiger charge is -2.18. The van der Waals surface area contributed by atoms with Gasteiger partial charge in [-0.05, 0) is 52.9 Å². The van der Waals surface area contributed by atoms with E-state index in [9.17, 15) is 9.59 Å². The molecule has 2 N–H and O–H groups in total. The molecule has 1 aliphatic rings. The summed E-state index contributed by atoms with van der Waals surface area (Å²) in [7, 11) is 0. The van der Waals surface area contributed by atoms with Crippen molar-refractivity contribution in [2.24, 2.45) is 5.92 Å². The molecule has 2 rings (SSSR count). The molecule has 1 atom stereocenters. The van der Waals surface area contributed by atoms with Crippen molar-refractivity contribution in [3.63, 3.8) is 0 Å². The molecule has 0 radical (unpaired) electrons. The number of amides is 2. The van der Waals surface area contributed by atoms with Gasteiger partial charge in [0, 0.05) is 17.6 Å². The quantitative estimate of drug-likeness (QED) is 0.863. The molecule has 1 aliphatic heterocycles. The molecular formula is C15H19BrN2O3. The Morgan fingerprint density at radius 1 is 1.48 bits per heavy atom. The molecule has 114 valence electrons. The minimum Gasteiger partial charge on any atom is -0.478 e. The predicted molar refractivity (Wildman–Crippen MR) is 84.7 cm³/mol. The lowest BCUT2D eigenvalue weighted by molar-refractivity contribution is 0.0697. The minimum absolute atomic E-state index is 0.127. The van der Waals surface area contributed by atoms with Crippen molar-refractivity contribution in [1.82, 2.24) is 4.90 Å². The Kier molecular flexibility index (Phi) is 5.22. The smallest absolute Gasteiger partial charge is 0.335 e. The molecule has 1 aromatic rings. The highest BCUT2D eigenvalue weighted by Crippen LogP contribution is 2.26. The van der Waals surface area contributed by atoms with Crippen LogP contribution >= 0.6 is 15.9 Å². The molecule has 0 spiro atoms. The van der Waals surface area contributed by atoms with Crippen LogP contribution in [0.15, 0.2) is 22.7 Å². The number of hydrogen-bond donors (Lipinski definition) is 2. The third-order valence-corrected chi connectivity index (χ3v) is 4.38. The molecule has 1 saturated heterocycles. The van der Waals surface area contributed by atoms with E-state index in [0.717, 1.165) is 32.4 Å². The Morgan fingerprint density at radius 2 is 2.24 bits per heavy atom. The zero-order chi connectivity index (χ0) is 15.4. The van der Waals surface area contributed by atoms with Crippen LogP contribution < -0.4 is 5.32 Å². The number of nitrogens with one attached hydrogen (secondary N) is 1. The Morgan fingerprint density at radius 3 is 2.86 bits per heavy atom. The van der Waals surface area contributed by atoms with E-state index < -0.39 is 5.97 Å². The number of urea groups is 1. The van der Waals surface area contributed by atoms with E-state index in [4.69, 9.17) is 5.11 Å². The maximum Gasteiger partial charge on any atom is 0.335 e. The summed E-state index contributed by atoms with van der Waals surface area (Å²) in [6.07, 6.45) is 3.35. The van der Waals surface area contributed by atoms with Gasteiger partial charge in [0.05, 0.1) is 11.3 Å². The molecule has 5 nitrogen and oxygen atoms in total. The van der Waals surface area contributed by atoms with Crippen LogP contribution in [0.4, 0.5) is 10.5 Å². The first-order valence-corrected chi connectivity index (χ1v) is 7.89. The molecular weight excluding hydrogens is 336 g/mol. The van der Waals surface area contributed by atoms with Crippen molar-refractivity contribution in [1.29, 1.82) is 0 Å². The highest BCUT2D eigenvalue weighted by molar-refractivity contribution is 9.10. The van der Waals surface area contributed by atoms with Gasteiger partial charge in [0.25, 0.3) is 0 Å². The summed E-state index contributed by atoms with van der Waals surface area (Å²) in [5.74, 6) is -0.394. The van der Waals surface area contributed by atoms with Crippen molar-refractivity contribution in [2.45, 2.75) is 26.2 Å². The summed E-state index contributed by atoms with van der Waals surface area (Å²) >= 11 is 3.29. The third-order valence-electron chi connectivity index (χ3n) is 3.73. The van der Waals surface area contributed by atoms with Crippen LogP contribution in [-0.4, -0.2) is 35.1 Å². The number of halogens is 1. The van der Waals surface area contributed by atoms with Crippen LogP contribution in [-0.2, 0) is 0 Å². The van der Waals surface area contributed by atoms with E-state index in [1.807, 2.05) is 4.90 Å². The Balaban J connectivity index is 1.99. The van der Waals surface area contributed by atoms with Crippen LogP contribution in [0, 0.1) is 5.92 Å². The summed E-state index contributed by atoms with van der Waals surface area (Å²) in [6, 6.07) is 4.44. The number of carbonyl (C=O) groups excluding carboxylic acids is 1. The molecule has 1 heterocycles. The van der Waals surface area contributed by atoms with Gasteiger partial charge in [0.15, 0.2) is 0 Å². The molecule has 0 aliphatic carbocycles. The highest BCUT2D eigenvalue weighted by atomic mass is 79.9. The largest absolute Gasteiger partial charge is 0.478 e. The Hall–Kier alpha value is -1.56. The normalized spacial score (nSPS) is 17.8. The van der Waals surface area contributed by atoms with Crippen molar-refractivity contribution in [3.8, 4) is 0 Å². The average Bonchev–Trinajstić information content (AvgIpc) is 2.90. The van der Waals surface area contributed by atoms with E-state index in [2.05, 4.69) is 28.2 Å². The monoisotopic (exact) mass is 354 g/mol. The SMILES string of the molecule is CCCC1CCN(C(=O)Nc2ccc(C(=O)O)cc2Br)C1. The molecule has 2 amide bonds. The van der Waals surface area contributed by atoms with Crippen molar-refractivity contribution < 1.29 is 14.7 Å². The summed E-state index contributed by atoms with van der Waals surface area (Å²) in [5.41, 5.74) is 0.771. The Bertz CT molecular complexity index is 548. The summed E-state index contributed by atoms with van der Waals surface area (Å²) < 4.78 is 0.569. The number of carboxylic acid groups (broad SMARTS) is 1.